The summed E-state index contributed by atoms with van der Waals surface area (Å²) in [7, 11) is 0. The summed E-state index contributed by atoms with van der Waals surface area (Å²) in [5.41, 5.74) is 19.0. The lowest BCUT2D eigenvalue weighted by molar-refractivity contribution is -0.112. The van der Waals surface area contributed by atoms with Gasteiger partial charge in [-0.3, -0.25) is 4.79 Å². The van der Waals surface area contributed by atoms with Crippen LogP contribution in [0.2, 0.25) is 0 Å². The normalized spacial score (nSPS) is 16.3. The molecule has 0 aromatic heterocycles. The Hall–Kier alpha value is -5.01. The standard InChI is InChI=1S/C23H36.C22H36.C21H34O.C17H26.5CH4/c1-18(2)13-14-19(3)10-8-11-20(4)15-16-22-21(5)12-9-17-23(22,6)7;1-18(2)12-9-7-8-10-13-19(3)15-16-21-20(4)14-11-17-22(21,5)6;1-17(2)10-7-11-18(3)12-8-13-19(4)14-9-15-20(5)16-21(6)22;1-6-7-8-10-16(4)11-9-12-17(5)14-13-15(2)3;;;;;/h8,10-11,14-16,18H,9,12-13,17H2,1-7H3;8,10,13,15-16,18H,7,9,11-12,14,17H2,1-6H3;10,12,14,16H,7-9,11,13,15H2,1-6H3;6-12,14-15H,13H2,1-5H3;5*1H4/b10-8-,16-15+,19-14-,20-11+;10-8-,16-15+,19-13+;18-12+,19-14-,20-16+;7-6-,10-8+,12-9-,16-11+,17-14-;;;;;. The van der Waals surface area contributed by atoms with Crippen molar-refractivity contribution in [2.75, 3.05) is 0 Å². The molecule has 0 saturated heterocycles. The Bertz CT molecular complexity index is 2460. The van der Waals surface area contributed by atoms with E-state index in [1.165, 1.54) is 120 Å². The largest absolute Gasteiger partial charge is 0.295 e. The van der Waals surface area contributed by atoms with E-state index in [1.807, 2.05) is 26.0 Å². The molecule has 89 heavy (non-hydrogen) atoms. The number of ketones is 1. The summed E-state index contributed by atoms with van der Waals surface area (Å²) < 4.78 is 0. The minimum absolute atomic E-state index is 0. The molecule has 2 aliphatic rings. The molecule has 1 nitrogen and oxygen atoms in total. The second-order valence-corrected chi connectivity index (χ2v) is 27.4. The van der Waals surface area contributed by atoms with Crippen LogP contribution < -0.4 is 0 Å². The molecule has 0 amide bonds. The Labute approximate surface area is 560 Å². The molecule has 0 radical (unpaired) electrons. The maximum absolute atomic E-state index is 11.0. The fraction of sp³-hybridized carbons (Fsp3) is 0.580. The van der Waals surface area contributed by atoms with Crippen LogP contribution in [0.15, 0.2) is 212 Å². The van der Waals surface area contributed by atoms with Crippen LogP contribution in [0.3, 0.4) is 0 Å². The lowest BCUT2D eigenvalue weighted by Gasteiger charge is -2.33. The van der Waals surface area contributed by atoms with Crippen molar-refractivity contribution in [2.24, 2.45) is 28.6 Å². The monoisotopic (exact) mass is 1230 g/mol. The van der Waals surface area contributed by atoms with Crippen molar-refractivity contribution in [3.05, 3.63) is 212 Å². The molecule has 0 aromatic rings. The van der Waals surface area contributed by atoms with E-state index in [0.717, 1.165) is 62.7 Å². The van der Waals surface area contributed by atoms with Crippen molar-refractivity contribution >= 4 is 5.78 Å². The molecule has 2 rings (SSSR count). The predicted octanol–water partition coefficient (Wildman–Crippen LogP) is 30.5. The van der Waals surface area contributed by atoms with Gasteiger partial charge in [0.05, 0.1) is 0 Å². The molecule has 0 spiro atoms. The van der Waals surface area contributed by atoms with E-state index in [-0.39, 0.29) is 42.9 Å². The van der Waals surface area contributed by atoms with Crippen LogP contribution in [-0.4, -0.2) is 5.78 Å². The van der Waals surface area contributed by atoms with Crippen molar-refractivity contribution < 1.29 is 4.79 Å². The molecule has 0 bridgehead atoms. The molecule has 1 heteroatoms. The highest BCUT2D eigenvalue weighted by Gasteiger charge is 2.27. The van der Waals surface area contributed by atoms with Gasteiger partial charge in [-0.2, -0.15) is 0 Å². The molecule has 0 N–H and O–H groups in total. The second kappa shape index (κ2) is 58.1. The van der Waals surface area contributed by atoms with Gasteiger partial charge in [-0.1, -0.05) is 308 Å². The van der Waals surface area contributed by atoms with Gasteiger partial charge in [-0.05, 0) is 245 Å². The second-order valence-electron chi connectivity index (χ2n) is 27.4. The molecule has 0 unspecified atom stereocenters. The third-order valence-corrected chi connectivity index (χ3v) is 15.3. The number of hydrogen-bond acceptors (Lipinski definition) is 1. The molecular formula is C88H152O. The van der Waals surface area contributed by atoms with E-state index in [2.05, 4.69) is 267 Å². The Morgan fingerprint density at radius 1 is 0.449 bits per heavy atom. The van der Waals surface area contributed by atoms with Crippen LogP contribution in [-0.2, 0) is 4.79 Å². The molecular weight excluding hydrogens is 1070 g/mol. The van der Waals surface area contributed by atoms with Crippen LogP contribution in [0.4, 0.5) is 0 Å². The topological polar surface area (TPSA) is 17.1 Å². The summed E-state index contributed by atoms with van der Waals surface area (Å²) in [6, 6.07) is 0. The average molecular weight is 1230 g/mol. The van der Waals surface area contributed by atoms with Gasteiger partial charge in [0.15, 0.2) is 5.78 Å². The van der Waals surface area contributed by atoms with Gasteiger partial charge in [0.25, 0.3) is 0 Å². The first-order valence-electron chi connectivity index (χ1n) is 33.0. The minimum Gasteiger partial charge on any atom is -0.295 e. The van der Waals surface area contributed by atoms with Crippen molar-refractivity contribution in [1.82, 2.24) is 0 Å². The van der Waals surface area contributed by atoms with E-state index in [4.69, 9.17) is 0 Å². The lowest BCUT2D eigenvalue weighted by atomic mass is 9.72. The van der Waals surface area contributed by atoms with Gasteiger partial charge in [-0.15, -0.1) is 0 Å². The summed E-state index contributed by atoms with van der Waals surface area (Å²) in [6.07, 6.45) is 71.1. The highest BCUT2D eigenvalue weighted by molar-refractivity contribution is 5.87. The lowest BCUT2D eigenvalue weighted by Crippen LogP contribution is -2.19. The van der Waals surface area contributed by atoms with Crippen molar-refractivity contribution in [1.29, 1.82) is 0 Å². The Balaban J connectivity index is -0.000000199. The zero-order valence-electron chi connectivity index (χ0n) is 59.4. The van der Waals surface area contributed by atoms with Crippen LogP contribution in [0.25, 0.3) is 0 Å². The fourth-order valence-electron chi connectivity index (χ4n) is 9.88. The average Bonchev–Trinajstić information content (AvgIpc) is 3.25. The Kier molecular flexibility index (Phi) is 63.7. The highest BCUT2D eigenvalue weighted by atomic mass is 16.1. The molecule has 0 atom stereocenters. The summed E-state index contributed by atoms with van der Waals surface area (Å²) in [5.74, 6) is 2.43. The van der Waals surface area contributed by atoms with Gasteiger partial charge < -0.3 is 0 Å². The third-order valence-electron chi connectivity index (χ3n) is 15.3. The quantitative estimate of drug-likeness (QED) is 0.0316. The summed E-state index contributed by atoms with van der Waals surface area (Å²) >= 11 is 0. The summed E-state index contributed by atoms with van der Waals surface area (Å²) in [4.78, 5) is 11.0. The molecule has 0 aromatic carbocycles. The smallest absolute Gasteiger partial charge is 0.152 e. The van der Waals surface area contributed by atoms with E-state index in [1.54, 1.807) is 29.7 Å². The van der Waals surface area contributed by atoms with Crippen LogP contribution in [0.1, 0.15) is 312 Å². The van der Waals surface area contributed by atoms with Crippen LogP contribution in [0, 0.1) is 28.6 Å². The molecule has 0 fully saturated rings. The zero-order chi connectivity index (χ0) is 64.1. The van der Waals surface area contributed by atoms with E-state index < -0.39 is 0 Å². The van der Waals surface area contributed by atoms with Gasteiger partial charge >= 0.3 is 0 Å². The SMILES string of the molecule is C.C.C.C.C.CC(=O)/C=C(\C)CC/C=C(/C)CC/C=C(\C)CCC=C(C)C.CC1=C(/C=C/C(C)=C/C=C\C(C)=C/CC(C)C)C(C)(C)CCC1.CC1=C(/C=C/C(C)=C/C=C\CCCC(C)C)C(C)(C)CCC1.C\C=C/C=C/C(C)=C/C=C\C(C)=C/CC(C)C. The summed E-state index contributed by atoms with van der Waals surface area (Å²) in [5, 5.41) is 0. The number of carbonyl (C=O) groups excluding carboxylic acids is 1. The number of allylic oxidation sites excluding steroid dienone is 36. The maximum atomic E-state index is 11.0. The number of carbonyl (C=O) groups is 1. The minimum atomic E-state index is 0. The third kappa shape index (κ3) is 57.9. The van der Waals surface area contributed by atoms with Gasteiger partial charge in [0.2, 0.25) is 0 Å². The van der Waals surface area contributed by atoms with E-state index >= 15 is 0 Å². The maximum Gasteiger partial charge on any atom is 0.152 e. The van der Waals surface area contributed by atoms with Crippen molar-refractivity contribution in [3.63, 3.8) is 0 Å². The fourth-order valence-corrected chi connectivity index (χ4v) is 9.88. The van der Waals surface area contributed by atoms with E-state index in [9.17, 15) is 4.79 Å². The van der Waals surface area contributed by atoms with Gasteiger partial charge in [0, 0.05) is 0 Å². The van der Waals surface area contributed by atoms with Crippen LogP contribution >= 0.6 is 0 Å². The summed E-state index contributed by atoms with van der Waals surface area (Å²) in [6.45, 7) is 52.9. The van der Waals surface area contributed by atoms with Gasteiger partial charge in [-0.25, -0.2) is 0 Å². The molecule has 2 aliphatic carbocycles. The Morgan fingerprint density at radius 3 is 1.20 bits per heavy atom. The van der Waals surface area contributed by atoms with E-state index in [0.29, 0.717) is 10.8 Å². The number of unbranched alkanes of at least 4 members (excludes halogenated alkanes) is 1. The molecule has 0 aliphatic heterocycles. The molecule has 0 saturated carbocycles. The first kappa shape index (κ1) is 97.6. The van der Waals surface area contributed by atoms with Crippen LogP contribution in [0.5, 0.6) is 0 Å². The first-order chi connectivity index (χ1) is 39.4. The first-order valence-corrected chi connectivity index (χ1v) is 33.0. The molecule has 510 valence electrons. The Morgan fingerprint density at radius 2 is 0.831 bits per heavy atom. The number of hydrogen-bond donors (Lipinski definition) is 0. The molecule has 0 heterocycles. The number of rotatable bonds is 29. The van der Waals surface area contributed by atoms with Gasteiger partial charge in [0.1, 0.15) is 0 Å². The zero-order valence-corrected chi connectivity index (χ0v) is 59.4. The highest BCUT2D eigenvalue weighted by Crippen LogP contribution is 2.42. The van der Waals surface area contributed by atoms with Crippen molar-refractivity contribution in [3.8, 4) is 0 Å². The predicted molar refractivity (Wildman–Crippen MR) is 419 cm³/mol. The van der Waals surface area contributed by atoms with Crippen molar-refractivity contribution in [2.45, 2.75) is 312 Å².